The van der Waals surface area contributed by atoms with Gasteiger partial charge in [0, 0.05) is 17.8 Å². The van der Waals surface area contributed by atoms with Gasteiger partial charge in [-0.1, -0.05) is 0 Å². The lowest BCUT2D eigenvalue weighted by Crippen LogP contribution is -2.33. The molecule has 1 unspecified atom stereocenters. The van der Waals surface area contributed by atoms with Crippen molar-refractivity contribution in [2.75, 3.05) is 25.1 Å². The molecule has 1 N–H and O–H groups in total. The molecule has 9 nitrogen and oxygen atoms in total. The fraction of sp³-hybridized carbons (Fsp3) is 0.500. The second kappa shape index (κ2) is 9.36. The zero-order valence-electron chi connectivity index (χ0n) is 13.8. The molecule has 1 aromatic carbocycles. The van der Waals surface area contributed by atoms with Crippen molar-refractivity contribution in [1.29, 1.82) is 0 Å². The predicted molar refractivity (Wildman–Crippen MR) is 88.0 cm³/mol. The highest BCUT2D eigenvalue weighted by Gasteiger charge is 2.42. The Morgan fingerprint density at radius 1 is 1.17 bits per heavy atom. The van der Waals surface area contributed by atoms with Gasteiger partial charge in [-0.05, 0) is 32.9 Å². The molecule has 134 valence electrons. The molecule has 0 heterocycles. The van der Waals surface area contributed by atoms with Gasteiger partial charge in [0.1, 0.15) is 0 Å². The fourth-order valence-electron chi connectivity index (χ4n) is 1.87. The number of nitrogens with zero attached hydrogens (tertiary/aromatic N) is 1. The van der Waals surface area contributed by atoms with Gasteiger partial charge in [-0.25, -0.2) is 4.79 Å². The molecule has 0 aromatic heterocycles. The van der Waals surface area contributed by atoms with Gasteiger partial charge >= 0.3 is 13.6 Å². The van der Waals surface area contributed by atoms with Crippen LogP contribution in [-0.4, -0.2) is 36.5 Å². The molecule has 24 heavy (non-hydrogen) atoms. The van der Waals surface area contributed by atoms with Gasteiger partial charge in [0.2, 0.25) is 5.78 Å². The van der Waals surface area contributed by atoms with Crippen LogP contribution in [-0.2, 0) is 23.1 Å². The van der Waals surface area contributed by atoms with E-state index in [1.807, 2.05) is 0 Å². The molecule has 0 aliphatic carbocycles. The zero-order valence-corrected chi connectivity index (χ0v) is 14.7. The first-order chi connectivity index (χ1) is 11.4. The third-order valence-electron chi connectivity index (χ3n) is 2.83. The van der Waals surface area contributed by atoms with E-state index in [4.69, 9.17) is 13.8 Å². The van der Waals surface area contributed by atoms with Crippen molar-refractivity contribution in [3.63, 3.8) is 0 Å². The maximum absolute atomic E-state index is 12.9. The monoisotopic (exact) mass is 360 g/mol. The number of carbonyl (C=O) groups is 1. The number of hydrogen-bond donors (Lipinski definition) is 1. The van der Waals surface area contributed by atoms with Crippen molar-refractivity contribution in [3.8, 4) is 0 Å². The molecule has 0 bridgehead atoms. The van der Waals surface area contributed by atoms with E-state index in [2.05, 4.69) is 5.32 Å². The van der Waals surface area contributed by atoms with E-state index >= 15 is 0 Å². The molecule has 0 saturated heterocycles. The highest BCUT2D eigenvalue weighted by Crippen LogP contribution is 2.53. The minimum absolute atomic E-state index is 0.0785. The number of nitro groups is 1. The Morgan fingerprint density at radius 3 is 2.12 bits per heavy atom. The average molecular weight is 360 g/mol. The first kappa shape index (κ1) is 20.1. The molecular weight excluding hydrogens is 339 g/mol. The van der Waals surface area contributed by atoms with Crippen LogP contribution in [0.4, 0.5) is 11.4 Å². The Hall–Kier alpha value is -1.96. The van der Waals surface area contributed by atoms with Crippen LogP contribution in [0.2, 0.25) is 0 Å². The van der Waals surface area contributed by atoms with Gasteiger partial charge in [-0.15, -0.1) is 0 Å². The number of ether oxygens (including phenoxy) is 1. The Bertz CT molecular complexity index is 596. The summed E-state index contributed by atoms with van der Waals surface area (Å²) in [5.41, 5.74) is 0.240. The zero-order chi connectivity index (χ0) is 18.2. The van der Waals surface area contributed by atoms with E-state index in [1.54, 1.807) is 20.8 Å². The first-order valence-corrected chi connectivity index (χ1v) is 9.05. The molecule has 0 saturated carbocycles. The Morgan fingerprint density at radius 2 is 1.71 bits per heavy atom. The molecule has 1 rings (SSSR count). The van der Waals surface area contributed by atoms with Crippen LogP contribution in [0.15, 0.2) is 24.3 Å². The number of rotatable bonds is 10. The number of esters is 1. The van der Waals surface area contributed by atoms with Crippen LogP contribution in [0, 0.1) is 10.1 Å². The summed E-state index contributed by atoms with van der Waals surface area (Å²) >= 11 is 0. The van der Waals surface area contributed by atoms with Crippen molar-refractivity contribution in [2.45, 2.75) is 26.6 Å². The van der Waals surface area contributed by atoms with E-state index in [9.17, 15) is 19.5 Å². The van der Waals surface area contributed by atoms with Crippen molar-refractivity contribution in [1.82, 2.24) is 0 Å². The molecule has 0 aliphatic rings. The molecule has 10 heteroatoms. The highest BCUT2D eigenvalue weighted by atomic mass is 31.2. The minimum Gasteiger partial charge on any atom is -0.464 e. The van der Waals surface area contributed by atoms with E-state index < -0.39 is 24.3 Å². The second-order valence-corrected chi connectivity index (χ2v) is 6.59. The normalized spacial score (nSPS) is 12.5. The van der Waals surface area contributed by atoms with Gasteiger partial charge in [0.15, 0.2) is 0 Å². The predicted octanol–water partition coefficient (Wildman–Crippen LogP) is 3.16. The fourth-order valence-corrected chi connectivity index (χ4v) is 3.60. The van der Waals surface area contributed by atoms with Crippen molar-refractivity contribution in [3.05, 3.63) is 34.4 Å². The van der Waals surface area contributed by atoms with Crippen molar-refractivity contribution in [2.24, 2.45) is 0 Å². The summed E-state index contributed by atoms with van der Waals surface area (Å²) in [6.45, 7) is 5.12. The standard InChI is InChI=1S/C14H21N2O7P/c1-4-21-14(17)13(24(20,22-5-2)23-6-3)15-11-7-9-12(10-8-11)16(18)19/h7-10,13,15H,4-6H2,1-3H3. The minimum atomic E-state index is -3.83. The molecule has 0 amide bonds. The van der Waals surface area contributed by atoms with E-state index in [0.29, 0.717) is 5.69 Å². The van der Waals surface area contributed by atoms with Gasteiger partial charge in [0.05, 0.1) is 24.7 Å². The van der Waals surface area contributed by atoms with Crippen molar-refractivity contribution >= 4 is 24.9 Å². The molecule has 0 spiro atoms. The molecule has 0 aliphatic heterocycles. The van der Waals surface area contributed by atoms with Crippen LogP contribution in [0.1, 0.15) is 20.8 Å². The highest BCUT2D eigenvalue weighted by molar-refractivity contribution is 7.55. The number of anilines is 1. The van der Waals surface area contributed by atoms with Crippen LogP contribution in [0.3, 0.4) is 0 Å². The number of benzene rings is 1. The summed E-state index contributed by atoms with van der Waals surface area (Å²) in [4.78, 5) is 22.3. The van der Waals surface area contributed by atoms with Crippen LogP contribution in [0.25, 0.3) is 0 Å². The Balaban J connectivity index is 3.11. The topological polar surface area (TPSA) is 117 Å². The Labute approximate surface area is 140 Å². The SMILES string of the molecule is CCOC(=O)C(Nc1ccc([N+](=O)[O-])cc1)P(=O)(OCC)OCC. The molecule has 1 aromatic rings. The first-order valence-electron chi connectivity index (χ1n) is 7.44. The van der Waals surface area contributed by atoms with E-state index in [1.165, 1.54) is 24.3 Å². The van der Waals surface area contributed by atoms with Gasteiger partial charge in [-0.3, -0.25) is 14.7 Å². The summed E-state index contributed by atoms with van der Waals surface area (Å²) in [5, 5.41) is 13.4. The largest absolute Gasteiger partial charge is 0.464 e. The number of non-ortho nitro benzene ring substituents is 1. The molecular formula is C14H21N2O7P. The van der Waals surface area contributed by atoms with E-state index in [-0.39, 0.29) is 25.5 Å². The van der Waals surface area contributed by atoms with E-state index in [0.717, 1.165) is 0 Å². The molecule has 1 atom stereocenters. The van der Waals surface area contributed by atoms with Crippen molar-refractivity contribution < 1.29 is 28.1 Å². The summed E-state index contributed by atoms with van der Waals surface area (Å²) in [7, 11) is -3.83. The lowest BCUT2D eigenvalue weighted by Gasteiger charge is -2.26. The van der Waals surface area contributed by atoms with Crippen LogP contribution >= 0.6 is 7.60 Å². The molecule has 0 fully saturated rings. The number of nitro benzene ring substituents is 1. The second-order valence-electron chi connectivity index (χ2n) is 4.48. The summed E-state index contributed by atoms with van der Waals surface area (Å²) < 4.78 is 28.2. The summed E-state index contributed by atoms with van der Waals surface area (Å²) in [6.07, 6.45) is 0. The lowest BCUT2D eigenvalue weighted by molar-refractivity contribution is -0.384. The lowest BCUT2D eigenvalue weighted by atomic mass is 10.3. The molecule has 0 radical (unpaired) electrons. The third kappa shape index (κ3) is 5.30. The number of nitrogens with one attached hydrogen (secondary N) is 1. The summed E-state index contributed by atoms with van der Waals surface area (Å²) in [6, 6.07) is 5.31. The van der Waals surface area contributed by atoms with Gasteiger partial charge in [0.25, 0.3) is 5.69 Å². The quantitative estimate of drug-likeness (QED) is 0.293. The number of hydrogen-bond acceptors (Lipinski definition) is 8. The number of carbonyl (C=O) groups excluding carboxylic acids is 1. The third-order valence-corrected chi connectivity index (χ3v) is 5.03. The maximum atomic E-state index is 12.9. The van der Waals surface area contributed by atoms with Gasteiger partial charge in [-0.2, -0.15) is 0 Å². The van der Waals surface area contributed by atoms with Crippen LogP contribution in [0.5, 0.6) is 0 Å². The summed E-state index contributed by atoms with van der Waals surface area (Å²) in [5.74, 6) is -2.17. The Kier molecular flexibility index (Phi) is 7.84. The average Bonchev–Trinajstić information content (AvgIpc) is 2.53. The maximum Gasteiger partial charge on any atom is 0.364 e. The smallest absolute Gasteiger partial charge is 0.364 e. The van der Waals surface area contributed by atoms with Crippen LogP contribution < -0.4 is 5.32 Å². The van der Waals surface area contributed by atoms with Gasteiger partial charge < -0.3 is 19.1 Å².